The minimum absolute atomic E-state index is 0.00379. The molecule has 0 saturated carbocycles. The molecule has 0 fully saturated rings. The number of benzene rings is 1. The van der Waals surface area contributed by atoms with Crippen molar-refractivity contribution in [1.82, 2.24) is 26.3 Å². The number of unbranched alkanes of at least 4 members (excludes halogenated alkanes) is 1. The van der Waals surface area contributed by atoms with Gasteiger partial charge in [0.15, 0.2) is 5.71 Å². The number of hydrogen-bond acceptors (Lipinski definition) is 10. The van der Waals surface area contributed by atoms with Gasteiger partial charge in [0.05, 0.1) is 24.0 Å². The maximum atomic E-state index is 12.8. The average Bonchev–Trinajstić information content (AvgIpc) is 2.99. The number of alkyl carbamates (subject to hydrolysis) is 1. The van der Waals surface area contributed by atoms with Crippen LogP contribution in [-0.2, 0) is 40.1 Å². The number of halogens is 3. The third-order valence-corrected chi connectivity index (χ3v) is 5.82. The first kappa shape index (κ1) is 37.0. The first-order valence-electron chi connectivity index (χ1n) is 14.3. The largest absolute Gasteiger partial charge is 0.444 e. The molecule has 0 atom stereocenters. The maximum Gasteiger partial charge on any atom is 0.416 e. The molecule has 0 unspecified atom stereocenters. The van der Waals surface area contributed by atoms with E-state index in [-0.39, 0.29) is 36.7 Å². The molecule has 2 rings (SSSR count). The van der Waals surface area contributed by atoms with Crippen molar-refractivity contribution >= 4 is 29.8 Å². The van der Waals surface area contributed by atoms with Gasteiger partial charge >= 0.3 is 12.3 Å². The number of nitrogens with zero attached hydrogens (tertiary/aromatic N) is 3. The lowest BCUT2D eigenvalue weighted by atomic mass is 10.1. The number of carbonyl (C=O) groups excluding carboxylic acids is 3. The summed E-state index contributed by atoms with van der Waals surface area (Å²) in [5.74, 6) is 4.08. The standard InChI is InChI=1S/C30H40F3N9O4/c1-29(2,3)46-28(45)41-16-21-8-6-7-20(13-21)15-39-26(43)24(34)18-36-10-4-5-11-37-19-25(42-35)27(44)40-17-23-14-22(9-12-38-23)30(31,32)33/h6-9,12-14,18-19,36H,4-5,10-11,15-17,34-35H2,1-3H3,(H,39,43)(H,40,44)(H,41,45)/b24-18-,37-19?,42-25?. The lowest BCUT2D eigenvalue weighted by Crippen LogP contribution is -2.32. The first-order valence-corrected chi connectivity index (χ1v) is 14.3. The second-order valence-corrected chi connectivity index (χ2v) is 10.9. The number of amides is 3. The topological polar surface area (TPSA) is 198 Å². The van der Waals surface area contributed by atoms with Crippen LogP contribution in [0.1, 0.15) is 56.0 Å². The zero-order valence-electron chi connectivity index (χ0n) is 25.9. The molecule has 8 N–H and O–H groups in total. The lowest BCUT2D eigenvalue weighted by molar-refractivity contribution is -0.137. The van der Waals surface area contributed by atoms with Gasteiger partial charge in [-0.3, -0.25) is 19.6 Å². The Morgan fingerprint density at radius 3 is 2.28 bits per heavy atom. The molecule has 250 valence electrons. The van der Waals surface area contributed by atoms with Crippen LogP contribution in [0.2, 0.25) is 0 Å². The molecule has 16 heteroatoms. The van der Waals surface area contributed by atoms with Crippen molar-refractivity contribution in [1.29, 1.82) is 0 Å². The van der Waals surface area contributed by atoms with Gasteiger partial charge < -0.3 is 37.6 Å². The third kappa shape index (κ3) is 14.5. The third-order valence-electron chi connectivity index (χ3n) is 5.82. The summed E-state index contributed by atoms with van der Waals surface area (Å²) in [7, 11) is 0. The minimum atomic E-state index is -4.52. The second-order valence-electron chi connectivity index (χ2n) is 10.9. The quantitative estimate of drug-likeness (QED) is 0.0557. The smallest absolute Gasteiger partial charge is 0.416 e. The zero-order chi connectivity index (χ0) is 34.2. The Hall–Kier alpha value is -5.15. The fourth-order valence-corrected chi connectivity index (χ4v) is 3.61. The predicted octanol–water partition coefficient (Wildman–Crippen LogP) is 2.61. The zero-order valence-corrected chi connectivity index (χ0v) is 25.9. The SMILES string of the molecule is CC(C)(C)OC(=O)NCc1cccc(CNC(=O)/C(N)=C/NCCCCN=CC(=NN)C(=O)NCc2cc(C(F)(F)F)ccn2)c1. The Morgan fingerprint density at radius 1 is 0.957 bits per heavy atom. The molecule has 3 amide bonds. The summed E-state index contributed by atoms with van der Waals surface area (Å²) < 4.78 is 43.7. The lowest BCUT2D eigenvalue weighted by Gasteiger charge is -2.19. The molecule has 0 aliphatic heterocycles. The summed E-state index contributed by atoms with van der Waals surface area (Å²) >= 11 is 0. The number of aromatic nitrogens is 1. The van der Waals surface area contributed by atoms with Crippen molar-refractivity contribution in [3.8, 4) is 0 Å². The number of ether oxygens (including phenoxy) is 1. The fraction of sp³-hybridized carbons (Fsp3) is 0.400. The summed E-state index contributed by atoms with van der Waals surface area (Å²) in [6.45, 7) is 6.44. The van der Waals surface area contributed by atoms with Crippen molar-refractivity contribution in [3.63, 3.8) is 0 Å². The normalized spacial score (nSPS) is 12.5. The average molecular weight is 648 g/mol. The summed E-state index contributed by atoms with van der Waals surface area (Å²) in [6, 6.07) is 9.03. The molecule has 1 aromatic carbocycles. The van der Waals surface area contributed by atoms with Crippen molar-refractivity contribution < 1.29 is 32.3 Å². The van der Waals surface area contributed by atoms with Crippen LogP contribution in [0.3, 0.4) is 0 Å². The number of rotatable bonds is 15. The molecule has 1 heterocycles. The molecular formula is C30H40F3N9O4. The highest BCUT2D eigenvalue weighted by Crippen LogP contribution is 2.28. The highest BCUT2D eigenvalue weighted by molar-refractivity contribution is 6.60. The van der Waals surface area contributed by atoms with E-state index in [0.29, 0.717) is 25.9 Å². The van der Waals surface area contributed by atoms with E-state index < -0.39 is 35.2 Å². The highest BCUT2D eigenvalue weighted by atomic mass is 19.4. The Kier molecular flexibility index (Phi) is 14.5. The molecule has 13 nitrogen and oxygen atoms in total. The van der Waals surface area contributed by atoms with Gasteiger partial charge in [-0.25, -0.2) is 4.79 Å². The number of hydrazone groups is 1. The van der Waals surface area contributed by atoms with Gasteiger partial charge in [0.1, 0.15) is 11.3 Å². The summed E-state index contributed by atoms with van der Waals surface area (Å²) in [5, 5.41) is 14.2. The van der Waals surface area contributed by atoms with Gasteiger partial charge in [0.25, 0.3) is 11.8 Å². The molecular weight excluding hydrogens is 607 g/mol. The summed E-state index contributed by atoms with van der Waals surface area (Å²) in [6.07, 6.45) is -0.164. The van der Waals surface area contributed by atoms with Gasteiger partial charge in [-0.2, -0.15) is 18.3 Å². The van der Waals surface area contributed by atoms with E-state index in [2.05, 4.69) is 36.3 Å². The van der Waals surface area contributed by atoms with Gasteiger partial charge in [-0.05, 0) is 56.9 Å². The van der Waals surface area contributed by atoms with E-state index in [9.17, 15) is 27.6 Å². The van der Waals surface area contributed by atoms with Crippen LogP contribution >= 0.6 is 0 Å². The molecule has 2 aromatic rings. The van der Waals surface area contributed by atoms with E-state index in [0.717, 1.165) is 29.5 Å². The van der Waals surface area contributed by atoms with Gasteiger partial charge in [-0.15, -0.1) is 0 Å². The number of nitrogens with two attached hydrogens (primary N) is 2. The van der Waals surface area contributed by atoms with Crippen molar-refractivity contribution in [2.24, 2.45) is 21.7 Å². The number of aliphatic imine (C=N–C) groups is 1. The Bertz CT molecular complexity index is 1420. The molecule has 0 aliphatic rings. The van der Waals surface area contributed by atoms with Gasteiger partial charge in [0.2, 0.25) is 0 Å². The van der Waals surface area contributed by atoms with E-state index in [1.165, 1.54) is 12.4 Å². The molecule has 0 radical (unpaired) electrons. The molecule has 1 aromatic heterocycles. The van der Waals surface area contributed by atoms with Crippen molar-refractivity contribution in [2.45, 2.75) is 65.0 Å². The van der Waals surface area contributed by atoms with Gasteiger partial charge in [0, 0.05) is 38.6 Å². The Labute approximate surface area is 265 Å². The maximum absolute atomic E-state index is 12.8. The Morgan fingerprint density at radius 2 is 1.63 bits per heavy atom. The monoisotopic (exact) mass is 647 g/mol. The molecule has 0 bridgehead atoms. The van der Waals surface area contributed by atoms with Gasteiger partial charge in [-0.1, -0.05) is 24.3 Å². The first-order chi connectivity index (χ1) is 21.7. The molecule has 0 aliphatic carbocycles. The Balaban J connectivity index is 1.66. The highest BCUT2D eigenvalue weighted by Gasteiger charge is 2.30. The number of pyridine rings is 1. The molecule has 46 heavy (non-hydrogen) atoms. The van der Waals surface area contributed by atoms with E-state index in [1.807, 2.05) is 24.3 Å². The molecule has 0 saturated heterocycles. The van der Waals surface area contributed by atoms with E-state index in [4.69, 9.17) is 16.3 Å². The van der Waals surface area contributed by atoms with Crippen LogP contribution < -0.4 is 32.8 Å². The van der Waals surface area contributed by atoms with E-state index >= 15 is 0 Å². The molecule has 0 spiro atoms. The number of alkyl halides is 3. The van der Waals surface area contributed by atoms with Crippen LogP contribution in [0.15, 0.2) is 64.6 Å². The number of carbonyl (C=O) groups is 3. The van der Waals surface area contributed by atoms with Crippen molar-refractivity contribution in [3.05, 3.63) is 76.9 Å². The van der Waals surface area contributed by atoms with Crippen LogP contribution in [-0.4, -0.2) is 53.5 Å². The predicted molar refractivity (Wildman–Crippen MR) is 167 cm³/mol. The summed E-state index contributed by atoms with van der Waals surface area (Å²) in [4.78, 5) is 44.3. The number of hydrogen-bond donors (Lipinski definition) is 6. The van der Waals surface area contributed by atoms with E-state index in [1.54, 1.807) is 20.8 Å². The van der Waals surface area contributed by atoms with Crippen LogP contribution in [0.25, 0.3) is 0 Å². The van der Waals surface area contributed by atoms with Crippen LogP contribution in [0.4, 0.5) is 18.0 Å². The number of nitrogens with one attached hydrogen (secondary N) is 4. The van der Waals surface area contributed by atoms with Crippen LogP contribution in [0, 0.1) is 0 Å². The van der Waals surface area contributed by atoms with Crippen molar-refractivity contribution in [2.75, 3.05) is 13.1 Å². The second kappa shape index (κ2) is 18.0. The fourth-order valence-electron chi connectivity index (χ4n) is 3.61. The minimum Gasteiger partial charge on any atom is -0.444 e. The summed E-state index contributed by atoms with van der Waals surface area (Å²) in [5.41, 5.74) is 5.87. The van der Waals surface area contributed by atoms with Crippen LogP contribution in [0.5, 0.6) is 0 Å².